The van der Waals surface area contributed by atoms with Crippen molar-refractivity contribution in [3.8, 4) is 0 Å². The van der Waals surface area contributed by atoms with Crippen LogP contribution in [0.25, 0.3) is 10.9 Å². The van der Waals surface area contributed by atoms with Gasteiger partial charge in [0, 0.05) is 29.6 Å². The second kappa shape index (κ2) is 5.14. The van der Waals surface area contributed by atoms with Gasteiger partial charge in [0.15, 0.2) is 0 Å². The van der Waals surface area contributed by atoms with Gasteiger partial charge in [-0.15, -0.1) is 11.8 Å². The maximum absolute atomic E-state index is 3.29. The molecule has 95 valence electrons. The Bertz CT molecular complexity index is 695. The Hall–Kier alpha value is -1.67. The van der Waals surface area contributed by atoms with Gasteiger partial charge in [-0.25, -0.2) is 0 Å². The molecule has 3 aromatic rings. The maximum atomic E-state index is 3.29. The number of hydrogen-bond acceptors (Lipinski definition) is 1. The molecule has 0 spiro atoms. The first-order valence-corrected chi connectivity index (χ1v) is 7.58. The van der Waals surface area contributed by atoms with Gasteiger partial charge < -0.3 is 4.57 Å². The molecule has 0 fully saturated rings. The molecule has 1 nitrogen and oxygen atoms in total. The molecular formula is C17H16NS. The standard InChI is InChI=1S/C17H16NS/c1-18-11-10-14-4-3-5-15(17(14)18)12-13-6-8-16(19-2)9-7-13/h3-9,11H,12H2,1-2H3. The summed E-state index contributed by atoms with van der Waals surface area (Å²) in [4.78, 5) is 1.31. The number of benzene rings is 2. The summed E-state index contributed by atoms with van der Waals surface area (Å²) in [5.41, 5.74) is 4.00. The molecule has 0 bridgehead atoms. The van der Waals surface area contributed by atoms with Crippen LogP contribution in [-0.2, 0) is 13.5 Å². The number of aryl methyl sites for hydroxylation is 1. The summed E-state index contributed by atoms with van der Waals surface area (Å²) in [7, 11) is 2.08. The van der Waals surface area contributed by atoms with Gasteiger partial charge in [0.25, 0.3) is 0 Å². The van der Waals surface area contributed by atoms with Gasteiger partial charge in [-0.1, -0.05) is 30.3 Å². The van der Waals surface area contributed by atoms with E-state index in [0.29, 0.717) is 0 Å². The zero-order valence-corrected chi connectivity index (χ0v) is 12.0. The third-order valence-electron chi connectivity index (χ3n) is 3.44. The van der Waals surface area contributed by atoms with E-state index >= 15 is 0 Å². The lowest BCUT2D eigenvalue weighted by Crippen LogP contribution is -1.94. The van der Waals surface area contributed by atoms with Crippen molar-refractivity contribution in [2.45, 2.75) is 11.3 Å². The second-order valence-corrected chi connectivity index (χ2v) is 5.60. The molecule has 1 heterocycles. The summed E-state index contributed by atoms with van der Waals surface area (Å²) in [6, 6.07) is 18.6. The first-order valence-electron chi connectivity index (χ1n) is 6.35. The van der Waals surface area contributed by atoms with Crippen molar-refractivity contribution in [1.29, 1.82) is 0 Å². The first-order chi connectivity index (χ1) is 9.28. The Balaban J connectivity index is 1.98. The molecular weight excluding hydrogens is 250 g/mol. The van der Waals surface area contributed by atoms with Gasteiger partial charge in [-0.05, 0) is 35.9 Å². The van der Waals surface area contributed by atoms with Crippen molar-refractivity contribution in [3.05, 3.63) is 65.9 Å². The van der Waals surface area contributed by atoms with E-state index in [0.717, 1.165) is 6.42 Å². The number of hydrogen-bond donors (Lipinski definition) is 0. The molecule has 19 heavy (non-hydrogen) atoms. The van der Waals surface area contributed by atoms with Gasteiger partial charge in [0.05, 0.1) is 5.52 Å². The zero-order valence-electron chi connectivity index (χ0n) is 11.2. The number of para-hydroxylation sites is 1. The summed E-state index contributed by atoms with van der Waals surface area (Å²) in [5.74, 6) is 0. The van der Waals surface area contributed by atoms with Crippen molar-refractivity contribution in [2.24, 2.45) is 7.05 Å². The molecule has 0 saturated carbocycles. The third kappa shape index (κ3) is 2.41. The summed E-state index contributed by atoms with van der Waals surface area (Å²) >= 11 is 1.78. The predicted molar refractivity (Wildman–Crippen MR) is 82.8 cm³/mol. The highest BCUT2D eigenvalue weighted by Gasteiger charge is 2.05. The topological polar surface area (TPSA) is 4.93 Å². The van der Waals surface area contributed by atoms with Crippen LogP contribution in [0.1, 0.15) is 11.1 Å². The fraction of sp³-hybridized carbons (Fsp3) is 0.176. The molecule has 0 aliphatic rings. The van der Waals surface area contributed by atoms with Crippen molar-refractivity contribution < 1.29 is 0 Å². The van der Waals surface area contributed by atoms with Crippen molar-refractivity contribution in [1.82, 2.24) is 4.57 Å². The van der Waals surface area contributed by atoms with Crippen molar-refractivity contribution in [3.63, 3.8) is 0 Å². The summed E-state index contributed by atoms with van der Waals surface area (Å²) in [5, 5.41) is 1.20. The number of nitrogens with zero attached hydrogens (tertiary/aromatic N) is 1. The molecule has 1 aromatic heterocycles. The van der Waals surface area contributed by atoms with Crippen LogP contribution >= 0.6 is 11.8 Å². The van der Waals surface area contributed by atoms with Crippen LogP contribution in [0.15, 0.2) is 53.6 Å². The van der Waals surface area contributed by atoms with Crippen molar-refractivity contribution >= 4 is 22.7 Å². The maximum Gasteiger partial charge on any atom is 0.0520 e. The van der Waals surface area contributed by atoms with E-state index in [1.165, 1.54) is 26.9 Å². The number of fused-ring (bicyclic) bond motifs is 1. The number of rotatable bonds is 3. The lowest BCUT2D eigenvalue weighted by Gasteiger charge is -2.07. The molecule has 0 aliphatic heterocycles. The normalized spacial score (nSPS) is 11.1. The Morgan fingerprint density at radius 3 is 2.63 bits per heavy atom. The minimum absolute atomic E-state index is 0.970. The van der Waals surface area contributed by atoms with E-state index in [4.69, 9.17) is 0 Å². The highest BCUT2D eigenvalue weighted by molar-refractivity contribution is 7.98. The van der Waals surface area contributed by atoms with Crippen molar-refractivity contribution in [2.75, 3.05) is 6.26 Å². The molecule has 3 rings (SSSR count). The highest BCUT2D eigenvalue weighted by Crippen LogP contribution is 2.22. The smallest absolute Gasteiger partial charge is 0.0520 e. The summed E-state index contributed by atoms with van der Waals surface area (Å²) < 4.78 is 2.15. The Morgan fingerprint density at radius 1 is 1.11 bits per heavy atom. The fourth-order valence-corrected chi connectivity index (χ4v) is 2.87. The molecule has 2 heteroatoms. The fourth-order valence-electron chi connectivity index (χ4n) is 2.46. The highest BCUT2D eigenvalue weighted by atomic mass is 32.2. The van der Waals surface area contributed by atoms with E-state index in [1.54, 1.807) is 11.8 Å². The molecule has 2 aromatic carbocycles. The molecule has 0 unspecified atom stereocenters. The predicted octanol–water partition coefficient (Wildman–Crippen LogP) is 4.29. The van der Waals surface area contributed by atoms with E-state index in [1.807, 2.05) is 6.20 Å². The largest absolute Gasteiger partial charge is 0.350 e. The molecule has 1 radical (unpaired) electrons. The van der Waals surface area contributed by atoms with Gasteiger partial charge in [-0.3, -0.25) is 0 Å². The third-order valence-corrected chi connectivity index (χ3v) is 4.18. The van der Waals surface area contributed by atoms with Crippen LogP contribution < -0.4 is 0 Å². The van der Waals surface area contributed by atoms with E-state index in [2.05, 4.69) is 66.4 Å². The Morgan fingerprint density at radius 2 is 1.89 bits per heavy atom. The minimum atomic E-state index is 0.970. The van der Waals surface area contributed by atoms with E-state index < -0.39 is 0 Å². The van der Waals surface area contributed by atoms with Crippen LogP contribution in [-0.4, -0.2) is 10.8 Å². The molecule has 0 aliphatic carbocycles. The summed E-state index contributed by atoms with van der Waals surface area (Å²) in [6.07, 6.45) is 5.08. The Labute approximate surface area is 118 Å². The molecule has 0 atom stereocenters. The number of aromatic nitrogens is 1. The zero-order chi connectivity index (χ0) is 13.2. The monoisotopic (exact) mass is 266 g/mol. The van der Waals surface area contributed by atoms with Gasteiger partial charge >= 0.3 is 0 Å². The quantitative estimate of drug-likeness (QED) is 0.640. The number of thioether (sulfide) groups is 1. The Kier molecular flexibility index (Phi) is 3.34. The van der Waals surface area contributed by atoms with E-state index in [-0.39, 0.29) is 0 Å². The first kappa shape index (κ1) is 12.4. The van der Waals surface area contributed by atoms with Crippen LogP contribution in [0.5, 0.6) is 0 Å². The lowest BCUT2D eigenvalue weighted by molar-refractivity contribution is 0.957. The lowest BCUT2D eigenvalue weighted by atomic mass is 10.0. The molecule has 0 saturated heterocycles. The van der Waals surface area contributed by atoms with E-state index in [9.17, 15) is 0 Å². The minimum Gasteiger partial charge on any atom is -0.350 e. The van der Waals surface area contributed by atoms with Gasteiger partial charge in [0.2, 0.25) is 0 Å². The second-order valence-electron chi connectivity index (χ2n) is 4.72. The SMILES string of the molecule is CSc1ccc(Cc2cccc3[c]cn(C)c23)cc1. The van der Waals surface area contributed by atoms with Gasteiger partial charge in [0.1, 0.15) is 0 Å². The van der Waals surface area contributed by atoms with Crippen LogP contribution in [0, 0.1) is 6.07 Å². The average Bonchev–Trinajstić information content (AvgIpc) is 2.83. The van der Waals surface area contributed by atoms with Crippen LogP contribution in [0.4, 0.5) is 0 Å². The van der Waals surface area contributed by atoms with Gasteiger partial charge in [-0.2, -0.15) is 0 Å². The molecule has 0 amide bonds. The van der Waals surface area contributed by atoms with Crippen LogP contribution in [0.3, 0.4) is 0 Å². The average molecular weight is 266 g/mol. The molecule has 0 N–H and O–H groups in total. The summed E-state index contributed by atoms with van der Waals surface area (Å²) in [6.45, 7) is 0. The van der Waals surface area contributed by atoms with Crippen LogP contribution in [0.2, 0.25) is 0 Å².